The van der Waals surface area contributed by atoms with Gasteiger partial charge in [-0.05, 0) is 43.0 Å². The summed E-state index contributed by atoms with van der Waals surface area (Å²) in [4.78, 5) is 5.13. The van der Waals surface area contributed by atoms with Crippen LogP contribution in [0.4, 0.5) is 0 Å². The summed E-state index contributed by atoms with van der Waals surface area (Å²) in [6.45, 7) is 1.96. The lowest BCUT2D eigenvalue weighted by molar-refractivity contribution is 0.302. The van der Waals surface area contributed by atoms with Crippen molar-refractivity contribution < 1.29 is 0 Å². The van der Waals surface area contributed by atoms with Gasteiger partial charge in [-0.1, -0.05) is 73.9 Å². The molecule has 0 atom stereocenters. The highest BCUT2D eigenvalue weighted by Gasteiger charge is 2.29. The van der Waals surface area contributed by atoms with E-state index in [2.05, 4.69) is 64.8 Å². The highest BCUT2D eigenvalue weighted by atomic mass is 35.5. The van der Waals surface area contributed by atoms with E-state index in [9.17, 15) is 0 Å². The van der Waals surface area contributed by atoms with Crippen LogP contribution in [0.2, 0.25) is 0 Å². The summed E-state index contributed by atoms with van der Waals surface area (Å²) in [6, 6.07) is 23.4. The van der Waals surface area contributed by atoms with E-state index in [-0.39, 0.29) is 17.9 Å². The molecule has 172 valence electrons. The standard InChI is InChI=1S/C28H27N5.ClH/c1-19-31-32-27-24-18-23(20-8-4-2-5-9-20)26(30-25(24)14-17-33(19)27)21-10-12-22(13-11-21)28(29)15-6-3-7-16-28;/h2,4-5,8-14,17-18H,3,6-7,15-16,29H2,1H3;1H. The fourth-order valence-electron chi connectivity index (χ4n) is 5.20. The second-order valence-corrected chi connectivity index (χ2v) is 9.23. The molecule has 5 nitrogen and oxygen atoms in total. The van der Waals surface area contributed by atoms with Gasteiger partial charge in [0.2, 0.25) is 0 Å². The van der Waals surface area contributed by atoms with Gasteiger partial charge in [0.25, 0.3) is 0 Å². The molecule has 0 radical (unpaired) electrons. The van der Waals surface area contributed by atoms with Gasteiger partial charge >= 0.3 is 0 Å². The summed E-state index contributed by atoms with van der Waals surface area (Å²) < 4.78 is 2.01. The summed E-state index contributed by atoms with van der Waals surface area (Å²) in [5.74, 6) is 0.867. The number of nitrogens with two attached hydrogens (primary N) is 1. The molecule has 0 unspecified atom stereocenters. The number of rotatable bonds is 3. The number of halogens is 1. The highest BCUT2D eigenvalue weighted by Crippen LogP contribution is 2.38. The first-order valence-corrected chi connectivity index (χ1v) is 11.7. The van der Waals surface area contributed by atoms with E-state index in [0.29, 0.717) is 0 Å². The van der Waals surface area contributed by atoms with Crippen LogP contribution in [0.1, 0.15) is 43.5 Å². The predicted octanol–water partition coefficient (Wildman–Crippen LogP) is 6.46. The minimum absolute atomic E-state index is 0. The highest BCUT2D eigenvalue weighted by molar-refractivity contribution is 5.98. The molecule has 5 aromatic rings. The van der Waals surface area contributed by atoms with Gasteiger partial charge in [-0.15, -0.1) is 22.6 Å². The molecule has 0 amide bonds. The van der Waals surface area contributed by atoms with E-state index in [1.807, 2.05) is 29.7 Å². The van der Waals surface area contributed by atoms with E-state index in [4.69, 9.17) is 10.7 Å². The van der Waals surface area contributed by atoms with E-state index in [1.165, 1.54) is 24.8 Å². The van der Waals surface area contributed by atoms with Crippen molar-refractivity contribution in [2.45, 2.75) is 44.6 Å². The number of fused-ring (bicyclic) bond motifs is 3. The largest absolute Gasteiger partial charge is 0.321 e. The van der Waals surface area contributed by atoms with Gasteiger partial charge in [0.05, 0.1) is 11.2 Å². The second kappa shape index (κ2) is 8.82. The van der Waals surface area contributed by atoms with Crippen LogP contribution in [0.3, 0.4) is 0 Å². The average molecular weight is 470 g/mol. The van der Waals surface area contributed by atoms with Crippen LogP contribution < -0.4 is 5.73 Å². The smallest absolute Gasteiger partial charge is 0.170 e. The van der Waals surface area contributed by atoms with E-state index in [1.54, 1.807) is 0 Å². The van der Waals surface area contributed by atoms with Crippen molar-refractivity contribution in [1.29, 1.82) is 0 Å². The maximum atomic E-state index is 6.79. The van der Waals surface area contributed by atoms with Crippen molar-refractivity contribution in [2.24, 2.45) is 5.73 Å². The summed E-state index contributed by atoms with van der Waals surface area (Å²) >= 11 is 0. The first kappa shape index (κ1) is 22.5. The molecule has 34 heavy (non-hydrogen) atoms. The molecular weight excluding hydrogens is 442 g/mol. The van der Waals surface area contributed by atoms with Crippen molar-refractivity contribution >= 4 is 29.0 Å². The van der Waals surface area contributed by atoms with Gasteiger partial charge in [0.15, 0.2) is 5.65 Å². The Morgan fingerprint density at radius 2 is 1.59 bits per heavy atom. The first-order chi connectivity index (χ1) is 16.1. The quantitative estimate of drug-likeness (QED) is 0.329. The van der Waals surface area contributed by atoms with Gasteiger partial charge in [-0.2, -0.15) is 0 Å². The van der Waals surface area contributed by atoms with Crippen molar-refractivity contribution in [1.82, 2.24) is 19.6 Å². The molecule has 0 spiro atoms. The lowest BCUT2D eigenvalue weighted by Gasteiger charge is -2.34. The Balaban J connectivity index is 0.00000241. The van der Waals surface area contributed by atoms with Crippen LogP contribution in [-0.2, 0) is 5.54 Å². The van der Waals surface area contributed by atoms with E-state index in [0.717, 1.165) is 57.6 Å². The number of hydrogen-bond acceptors (Lipinski definition) is 4. The Hall–Kier alpha value is -3.28. The maximum Gasteiger partial charge on any atom is 0.170 e. The van der Waals surface area contributed by atoms with Gasteiger partial charge in [-0.3, -0.25) is 4.40 Å². The van der Waals surface area contributed by atoms with Gasteiger partial charge in [-0.25, -0.2) is 4.98 Å². The minimum Gasteiger partial charge on any atom is -0.321 e. The summed E-state index contributed by atoms with van der Waals surface area (Å²) in [5.41, 5.74) is 13.8. The minimum atomic E-state index is -0.201. The molecule has 1 aliphatic carbocycles. The molecule has 1 aliphatic rings. The SMILES string of the molecule is Cc1nnc2c3cc(-c4ccccc4)c(-c4ccc(C5(N)CCCCC5)cc4)nc3ccn12.Cl. The monoisotopic (exact) mass is 469 g/mol. The summed E-state index contributed by atoms with van der Waals surface area (Å²) in [6.07, 6.45) is 7.82. The molecule has 1 saturated carbocycles. The second-order valence-electron chi connectivity index (χ2n) is 9.23. The number of aryl methyl sites for hydroxylation is 1. The lowest BCUT2D eigenvalue weighted by Crippen LogP contribution is -2.38. The summed E-state index contributed by atoms with van der Waals surface area (Å²) in [7, 11) is 0. The molecule has 2 N–H and O–H groups in total. The topological polar surface area (TPSA) is 69.1 Å². The third kappa shape index (κ3) is 3.75. The fraction of sp³-hybridized carbons (Fsp3) is 0.250. The van der Waals surface area contributed by atoms with Crippen molar-refractivity contribution in [3.05, 3.63) is 84.3 Å². The molecule has 0 bridgehead atoms. The Morgan fingerprint density at radius 1 is 0.853 bits per heavy atom. The number of hydrogen-bond donors (Lipinski definition) is 1. The van der Waals surface area contributed by atoms with Crippen LogP contribution in [0.25, 0.3) is 38.9 Å². The van der Waals surface area contributed by atoms with Crippen LogP contribution in [0.5, 0.6) is 0 Å². The first-order valence-electron chi connectivity index (χ1n) is 11.7. The molecule has 6 rings (SSSR count). The molecule has 1 fully saturated rings. The summed E-state index contributed by atoms with van der Waals surface area (Å²) in [5, 5.41) is 9.68. The molecule has 0 aliphatic heterocycles. The molecule has 6 heteroatoms. The molecule has 2 aromatic carbocycles. The van der Waals surface area contributed by atoms with Crippen LogP contribution in [0, 0.1) is 6.92 Å². The van der Waals surface area contributed by atoms with Crippen molar-refractivity contribution in [3.8, 4) is 22.4 Å². The van der Waals surface area contributed by atoms with Crippen LogP contribution in [0.15, 0.2) is 72.9 Å². The molecular formula is C28H28ClN5. The third-order valence-corrected chi connectivity index (χ3v) is 7.10. The normalized spacial score (nSPS) is 15.4. The van der Waals surface area contributed by atoms with Crippen molar-refractivity contribution in [3.63, 3.8) is 0 Å². The van der Waals surface area contributed by atoms with Gasteiger partial charge in [0.1, 0.15) is 5.82 Å². The third-order valence-electron chi connectivity index (χ3n) is 7.10. The van der Waals surface area contributed by atoms with Crippen LogP contribution in [-0.4, -0.2) is 19.6 Å². The number of pyridine rings is 2. The van der Waals surface area contributed by atoms with Gasteiger partial charge in [0, 0.05) is 28.2 Å². The predicted molar refractivity (Wildman–Crippen MR) is 140 cm³/mol. The Kier molecular flexibility index (Phi) is 5.84. The average Bonchev–Trinajstić information content (AvgIpc) is 3.25. The van der Waals surface area contributed by atoms with E-state index >= 15 is 0 Å². The number of nitrogens with zero attached hydrogens (tertiary/aromatic N) is 4. The number of aromatic nitrogens is 4. The van der Waals surface area contributed by atoms with Crippen LogP contribution >= 0.6 is 12.4 Å². The van der Waals surface area contributed by atoms with Crippen molar-refractivity contribution in [2.75, 3.05) is 0 Å². The van der Waals surface area contributed by atoms with E-state index < -0.39 is 0 Å². The van der Waals surface area contributed by atoms with Gasteiger partial charge < -0.3 is 5.73 Å². The molecule has 3 aromatic heterocycles. The molecule has 0 saturated heterocycles. The Labute approximate surface area is 205 Å². The molecule has 3 heterocycles. The maximum absolute atomic E-state index is 6.79. The zero-order valence-corrected chi connectivity index (χ0v) is 20.1. The Bertz CT molecular complexity index is 1450. The fourth-order valence-corrected chi connectivity index (χ4v) is 5.20. The Morgan fingerprint density at radius 3 is 2.32 bits per heavy atom. The zero-order valence-electron chi connectivity index (χ0n) is 19.2. The lowest BCUT2D eigenvalue weighted by atomic mass is 9.77. The number of benzene rings is 2. The zero-order chi connectivity index (χ0) is 22.4.